The van der Waals surface area contributed by atoms with Crippen LogP contribution in [0.15, 0.2) is 42.0 Å². The van der Waals surface area contributed by atoms with Crippen LogP contribution < -0.4 is 0 Å². The molecule has 0 spiro atoms. The third-order valence-corrected chi connectivity index (χ3v) is 8.53. The SMILES string of the molecule is O=C(OCc1ccccc1)N1C2C=C(C34CC5CC(CC(C5)C3)C4)CC1CC2. The maximum Gasteiger partial charge on any atom is 0.410 e. The van der Waals surface area contributed by atoms with Gasteiger partial charge in [0, 0.05) is 6.04 Å². The Bertz CT molecular complexity index is 763. The van der Waals surface area contributed by atoms with E-state index in [0.717, 1.165) is 42.6 Å². The number of rotatable bonds is 3. The number of amides is 1. The zero-order valence-electron chi connectivity index (χ0n) is 16.7. The van der Waals surface area contributed by atoms with Gasteiger partial charge < -0.3 is 4.74 Å². The van der Waals surface area contributed by atoms with Crippen molar-refractivity contribution in [2.45, 2.75) is 76.5 Å². The molecular weight excluding hydrogens is 346 g/mol. The Morgan fingerprint density at radius 3 is 2.32 bits per heavy atom. The molecule has 1 aromatic rings. The lowest BCUT2D eigenvalue weighted by molar-refractivity contribution is -0.0353. The van der Waals surface area contributed by atoms with Gasteiger partial charge in [0.15, 0.2) is 0 Å². The predicted octanol–water partition coefficient (Wildman–Crippen LogP) is 5.70. The minimum atomic E-state index is -0.114. The molecule has 4 aliphatic carbocycles. The van der Waals surface area contributed by atoms with Gasteiger partial charge in [-0.3, -0.25) is 4.90 Å². The van der Waals surface area contributed by atoms with Gasteiger partial charge >= 0.3 is 6.09 Å². The van der Waals surface area contributed by atoms with E-state index in [1.807, 2.05) is 30.3 Å². The van der Waals surface area contributed by atoms with Gasteiger partial charge in [-0.1, -0.05) is 42.0 Å². The summed E-state index contributed by atoms with van der Waals surface area (Å²) >= 11 is 0. The highest BCUT2D eigenvalue weighted by Gasteiger charge is 2.54. The number of hydrogen-bond donors (Lipinski definition) is 0. The molecule has 1 aromatic carbocycles. The molecule has 1 saturated heterocycles. The topological polar surface area (TPSA) is 29.5 Å². The third-order valence-electron chi connectivity index (χ3n) is 8.53. The highest BCUT2D eigenvalue weighted by Crippen LogP contribution is 2.64. The summed E-state index contributed by atoms with van der Waals surface area (Å²) in [4.78, 5) is 14.9. The number of carbonyl (C=O) groups is 1. The average molecular weight is 378 g/mol. The van der Waals surface area contributed by atoms with Crippen LogP contribution >= 0.6 is 0 Å². The Morgan fingerprint density at radius 2 is 1.68 bits per heavy atom. The van der Waals surface area contributed by atoms with Crippen molar-refractivity contribution in [3.05, 3.63) is 47.5 Å². The second-order valence-electron chi connectivity index (χ2n) is 10.3. The average Bonchev–Trinajstić information content (AvgIpc) is 2.95. The van der Waals surface area contributed by atoms with E-state index in [0.29, 0.717) is 18.1 Å². The summed E-state index contributed by atoms with van der Waals surface area (Å²) in [7, 11) is 0. The second kappa shape index (κ2) is 6.37. The van der Waals surface area contributed by atoms with Gasteiger partial charge in [0.05, 0.1) is 6.04 Å². The molecule has 2 unspecified atom stereocenters. The normalized spacial score (nSPS) is 40.5. The lowest BCUT2D eigenvalue weighted by Crippen LogP contribution is -2.50. The maximum absolute atomic E-state index is 12.9. The summed E-state index contributed by atoms with van der Waals surface area (Å²) in [5, 5.41) is 0. The Hall–Kier alpha value is -1.77. The van der Waals surface area contributed by atoms with Gasteiger partial charge in [-0.15, -0.1) is 0 Å². The molecule has 0 N–H and O–H groups in total. The Kier molecular flexibility index (Phi) is 3.89. The van der Waals surface area contributed by atoms with Crippen molar-refractivity contribution in [3.8, 4) is 0 Å². The van der Waals surface area contributed by atoms with Crippen LogP contribution in [0.1, 0.15) is 63.4 Å². The zero-order valence-corrected chi connectivity index (χ0v) is 16.7. The zero-order chi connectivity index (χ0) is 18.7. The van der Waals surface area contributed by atoms with Gasteiger partial charge in [0.2, 0.25) is 0 Å². The van der Waals surface area contributed by atoms with Gasteiger partial charge in [0.25, 0.3) is 0 Å². The van der Waals surface area contributed by atoms with E-state index in [-0.39, 0.29) is 12.1 Å². The molecule has 2 heterocycles. The first-order valence-electron chi connectivity index (χ1n) is 11.4. The molecule has 2 atom stereocenters. The molecule has 4 saturated carbocycles. The van der Waals surface area contributed by atoms with Crippen molar-refractivity contribution in [2.24, 2.45) is 23.2 Å². The Balaban J connectivity index is 1.19. The van der Waals surface area contributed by atoms with Crippen LogP contribution in [0, 0.1) is 23.2 Å². The standard InChI is InChI=1S/C25H31NO2/c27-24(28-16-17-4-2-1-3-5-17)26-22-6-7-23(26)12-21(11-22)25-13-18-8-19(14-25)10-20(9-18)15-25/h1-5,11,18-20,22-23H,6-10,12-16H2. The highest BCUT2D eigenvalue weighted by atomic mass is 16.6. The van der Waals surface area contributed by atoms with Crippen LogP contribution in [-0.4, -0.2) is 23.1 Å². The lowest BCUT2D eigenvalue weighted by atomic mass is 9.47. The van der Waals surface area contributed by atoms with Crippen molar-refractivity contribution >= 4 is 6.09 Å². The monoisotopic (exact) mass is 377 g/mol. The molecule has 148 valence electrons. The van der Waals surface area contributed by atoms with E-state index >= 15 is 0 Å². The molecule has 5 fully saturated rings. The summed E-state index contributed by atoms with van der Waals surface area (Å²) in [6.45, 7) is 0.376. The fraction of sp³-hybridized carbons (Fsp3) is 0.640. The summed E-state index contributed by atoms with van der Waals surface area (Å²) < 4.78 is 5.69. The summed E-state index contributed by atoms with van der Waals surface area (Å²) in [5.41, 5.74) is 3.28. The second-order valence-corrected chi connectivity index (χ2v) is 10.3. The van der Waals surface area contributed by atoms with Crippen LogP contribution in [0.2, 0.25) is 0 Å². The van der Waals surface area contributed by atoms with Crippen molar-refractivity contribution in [1.82, 2.24) is 4.90 Å². The molecule has 1 amide bonds. The third kappa shape index (κ3) is 2.73. The van der Waals surface area contributed by atoms with Crippen LogP contribution in [0.3, 0.4) is 0 Å². The van der Waals surface area contributed by atoms with Gasteiger partial charge in [0.1, 0.15) is 6.61 Å². The number of ether oxygens (including phenoxy) is 1. The van der Waals surface area contributed by atoms with Crippen LogP contribution in [0.4, 0.5) is 4.79 Å². The van der Waals surface area contributed by atoms with E-state index in [9.17, 15) is 4.79 Å². The number of hydrogen-bond acceptors (Lipinski definition) is 2. The van der Waals surface area contributed by atoms with Crippen molar-refractivity contribution in [1.29, 1.82) is 0 Å². The van der Waals surface area contributed by atoms with Gasteiger partial charge in [-0.2, -0.15) is 0 Å². The fourth-order valence-corrected chi connectivity index (χ4v) is 7.81. The predicted molar refractivity (Wildman–Crippen MR) is 109 cm³/mol. The summed E-state index contributed by atoms with van der Waals surface area (Å²) in [5.74, 6) is 2.95. The molecule has 28 heavy (non-hydrogen) atoms. The van der Waals surface area contributed by atoms with E-state index in [2.05, 4.69) is 11.0 Å². The summed E-state index contributed by atoms with van der Waals surface area (Å²) in [6, 6.07) is 10.6. The molecule has 0 radical (unpaired) electrons. The highest BCUT2D eigenvalue weighted by molar-refractivity contribution is 5.70. The van der Waals surface area contributed by atoms with E-state index in [4.69, 9.17) is 4.74 Å². The molecule has 3 nitrogen and oxygen atoms in total. The van der Waals surface area contributed by atoms with Gasteiger partial charge in [-0.25, -0.2) is 4.79 Å². The Morgan fingerprint density at radius 1 is 1.00 bits per heavy atom. The maximum atomic E-state index is 12.9. The molecule has 2 aliphatic heterocycles. The van der Waals surface area contributed by atoms with Crippen molar-refractivity contribution in [3.63, 3.8) is 0 Å². The molecule has 6 aliphatic rings. The minimum Gasteiger partial charge on any atom is -0.445 e. The van der Waals surface area contributed by atoms with Gasteiger partial charge in [-0.05, 0) is 86.5 Å². The van der Waals surface area contributed by atoms with E-state index < -0.39 is 0 Å². The smallest absolute Gasteiger partial charge is 0.410 e. The number of nitrogens with zero attached hydrogens (tertiary/aromatic N) is 1. The molecule has 3 heteroatoms. The lowest BCUT2D eigenvalue weighted by Gasteiger charge is -2.58. The minimum absolute atomic E-state index is 0.114. The first-order valence-corrected chi connectivity index (χ1v) is 11.4. The molecule has 0 aromatic heterocycles. The van der Waals surface area contributed by atoms with Crippen molar-refractivity contribution in [2.75, 3.05) is 0 Å². The van der Waals surface area contributed by atoms with E-state index in [1.54, 1.807) is 5.57 Å². The van der Waals surface area contributed by atoms with Crippen molar-refractivity contribution < 1.29 is 9.53 Å². The fourth-order valence-electron chi connectivity index (χ4n) is 7.81. The van der Waals surface area contributed by atoms with Crippen LogP contribution in [0.25, 0.3) is 0 Å². The first-order chi connectivity index (χ1) is 13.7. The van der Waals surface area contributed by atoms with Crippen LogP contribution in [0.5, 0.6) is 0 Å². The van der Waals surface area contributed by atoms with E-state index in [1.165, 1.54) is 38.5 Å². The largest absolute Gasteiger partial charge is 0.445 e. The molecule has 6 bridgehead atoms. The number of benzene rings is 1. The Labute approximate surface area is 168 Å². The first kappa shape index (κ1) is 17.1. The quantitative estimate of drug-likeness (QED) is 0.632. The molecule has 7 rings (SSSR count). The molecular formula is C25H31NO2. The number of fused-ring (bicyclic) bond motifs is 2. The summed E-state index contributed by atoms with van der Waals surface area (Å²) in [6.07, 6.45) is 14.5. The number of carbonyl (C=O) groups excluding carboxylic acids is 1. The van der Waals surface area contributed by atoms with Crippen LogP contribution in [-0.2, 0) is 11.3 Å².